The van der Waals surface area contributed by atoms with Crippen LogP contribution in [0.15, 0.2) is 0 Å². The molecule has 6 fully saturated rings. The SMILES string of the molecule is N[C@H]1[C@@H](O[C@H]2[C@H](O)[C@@H](O)[C@H](O)[C@@H]3OP(=O)(O)O[C@H]23)O[C@H](CO)[C@@H](O[C@H]2O[C@H](CO[C@H]3O[C@H](CO)[C@@H](O)[C@H](O)[C@@H]3O[C@H]3O[C@H](CO)[C@@H](O)[C@H](O)[C@@H]3O)[C@@H](O)[C@H](O)[C@@H]2O)[C@@H]1O. The van der Waals surface area contributed by atoms with Gasteiger partial charge in [0, 0.05) is 0 Å². The first-order chi connectivity index (χ1) is 27.7. The maximum atomic E-state index is 12.1. The topological polar surface area (TPSA) is 459 Å². The molecule has 0 bridgehead atoms. The summed E-state index contributed by atoms with van der Waals surface area (Å²) in [5.74, 6) is 0. The lowest BCUT2D eigenvalue weighted by Gasteiger charge is -2.48. The van der Waals surface area contributed by atoms with Crippen molar-refractivity contribution in [2.75, 3.05) is 26.4 Å². The van der Waals surface area contributed by atoms with Gasteiger partial charge in [-0.25, -0.2) is 4.57 Å². The fraction of sp³-hybridized carbons (Fsp3) is 1.00. The lowest BCUT2D eigenvalue weighted by molar-refractivity contribution is -0.377. The minimum atomic E-state index is -4.78. The standard InChI is InChI=1S/C30H52NO27P/c31-9-13(38)22(7(3-34)52-27(9)55-23-18(43)16(41)19(44)24-26(23)58-59(47,48)57-24)54-29-21(46)15(40)12(37)8(53-29)4-49-30-25(17(42)11(36)6(2-33)51-30)56-28-20(45)14(39)10(35)5(1-32)50-28/h5-30,32-46H,1-4,31H2,(H,47,48)/t5-,6-,7-,8-,9-,10-,11-,12-,13-,14+,15+,16-,17+,18-,19+,20+,21+,22-,23+,24+,25+,26-,27-,28-,29-,30+/m1/s1. The highest BCUT2D eigenvalue weighted by atomic mass is 31.2. The molecule has 0 amide bonds. The zero-order chi connectivity index (χ0) is 43.4. The van der Waals surface area contributed by atoms with E-state index in [1.165, 1.54) is 0 Å². The van der Waals surface area contributed by atoms with E-state index >= 15 is 0 Å². The van der Waals surface area contributed by atoms with Gasteiger partial charge in [-0.05, 0) is 0 Å². The lowest BCUT2D eigenvalue weighted by Crippen LogP contribution is -2.69. The lowest BCUT2D eigenvalue weighted by atomic mass is 9.84. The third-order valence-electron chi connectivity index (χ3n) is 11.1. The van der Waals surface area contributed by atoms with Crippen LogP contribution < -0.4 is 5.73 Å². The number of hydrogen-bond acceptors (Lipinski definition) is 27. The third kappa shape index (κ3) is 9.38. The number of ether oxygens (including phenoxy) is 8. The van der Waals surface area contributed by atoms with Crippen LogP contribution in [0.25, 0.3) is 0 Å². The van der Waals surface area contributed by atoms with Crippen molar-refractivity contribution >= 4 is 7.82 Å². The first kappa shape index (κ1) is 47.6. The first-order valence-corrected chi connectivity index (χ1v) is 19.9. The molecule has 6 rings (SSSR count). The van der Waals surface area contributed by atoms with Crippen molar-refractivity contribution in [3.8, 4) is 0 Å². The van der Waals surface area contributed by atoms with E-state index in [0.29, 0.717) is 0 Å². The van der Waals surface area contributed by atoms with Gasteiger partial charge in [0.15, 0.2) is 25.2 Å². The van der Waals surface area contributed by atoms with Gasteiger partial charge in [-0.1, -0.05) is 0 Å². The average molecular weight is 890 g/mol. The molecule has 27 atom stereocenters. The van der Waals surface area contributed by atoms with Crippen LogP contribution in [0.5, 0.6) is 0 Å². The van der Waals surface area contributed by atoms with Crippen LogP contribution in [0.2, 0.25) is 0 Å². The van der Waals surface area contributed by atoms with Crippen LogP contribution in [-0.4, -0.2) is 267 Å². The van der Waals surface area contributed by atoms with Gasteiger partial charge in [0.25, 0.3) is 0 Å². The van der Waals surface area contributed by atoms with E-state index in [1.54, 1.807) is 0 Å². The van der Waals surface area contributed by atoms with Crippen LogP contribution in [0.4, 0.5) is 0 Å². The predicted molar refractivity (Wildman–Crippen MR) is 176 cm³/mol. The maximum absolute atomic E-state index is 12.1. The number of hydrogen-bond donors (Lipinski definition) is 17. The van der Waals surface area contributed by atoms with Gasteiger partial charge < -0.3 is 125 Å². The molecular formula is C30H52NO27P. The second-order valence-electron chi connectivity index (χ2n) is 14.9. The van der Waals surface area contributed by atoms with E-state index < -0.39 is 194 Å². The predicted octanol–water partition coefficient (Wildman–Crippen LogP) is -11.4. The Morgan fingerprint density at radius 3 is 1.44 bits per heavy atom. The summed E-state index contributed by atoms with van der Waals surface area (Å²) in [6.07, 6.45) is -45.7. The number of phosphoric ester groups is 1. The molecular weight excluding hydrogens is 837 g/mol. The van der Waals surface area contributed by atoms with Crippen molar-refractivity contribution in [1.29, 1.82) is 0 Å². The highest BCUT2D eigenvalue weighted by molar-refractivity contribution is 7.47. The van der Waals surface area contributed by atoms with Gasteiger partial charge in [0.1, 0.15) is 128 Å². The quantitative estimate of drug-likeness (QED) is 0.0809. The number of fused-ring (bicyclic) bond motifs is 1. The molecule has 5 saturated heterocycles. The van der Waals surface area contributed by atoms with Gasteiger partial charge >= 0.3 is 7.82 Å². The van der Waals surface area contributed by atoms with Crippen molar-refractivity contribution < 1.29 is 133 Å². The van der Waals surface area contributed by atoms with Crippen molar-refractivity contribution in [2.45, 2.75) is 159 Å². The van der Waals surface area contributed by atoms with Crippen LogP contribution in [0.3, 0.4) is 0 Å². The highest BCUT2D eigenvalue weighted by Crippen LogP contribution is 2.56. The molecule has 59 heavy (non-hydrogen) atoms. The number of aliphatic hydroxyl groups excluding tert-OH is 15. The number of nitrogens with two attached hydrogens (primary N) is 1. The van der Waals surface area contributed by atoms with E-state index in [4.69, 9.17) is 52.7 Å². The average Bonchev–Trinajstić information content (AvgIpc) is 3.54. The van der Waals surface area contributed by atoms with Crippen molar-refractivity contribution in [2.24, 2.45) is 5.73 Å². The molecule has 0 aromatic heterocycles. The molecule has 0 aromatic carbocycles. The zero-order valence-electron chi connectivity index (χ0n) is 30.5. The molecule has 6 aliphatic rings. The fourth-order valence-electron chi connectivity index (χ4n) is 7.61. The number of rotatable bonds is 12. The minimum Gasteiger partial charge on any atom is -0.394 e. The Labute approximate surface area is 332 Å². The monoisotopic (exact) mass is 889 g/mol. The molecule has 5 aliphatic heterocycles. The number of phosphoric acid groups is 1. The summed E-state index contributed by atoms with van der Waals surface area (Å²) in [7, 11) is -4.78. The summed E-state index contributed by atoms with van der Waals surface area (Å²) in [6.45, 7) is -3.51. The summed E-state index contributed by atoms with van der Waals surface area (Å²) in [5, 5.41) is 157. The number of aliphatic hydroxyl groups is 15. The van der Waals surface area contributed by atoms with E-state index in [-0.39, 0.29) is 0 Å². The Hall–Kier alpha value is -0.850. The van der Waals surface area contributed by atoms with Gasteiger partial charge in [-0.2, -0.15) is 0 Å². The minimum absolute atomic E-state index is 0.827. The fourth-order valence-corrected chi connectivity index (χ4v) is 8.76. The summed E-state index contributed by atoms with van der Waals surface area (Å²) in [4.78, 5) is 9.82. The summed E-state index contributed by atoms with van der Waals surface area (Å²) in [5.41, 5.74) is 6.16. The largest absolute Gasteiger partial charge is 0.473 e. The maximum Gasteiger partial charge on any atom is 0.473 e. The molecule has 0 aromatic rings. The van der Waals surface area contributed by atoms with E-state index in [2.05, 4.69) is 0 Å². The van der Waals surface area contributed by atoms with Gasteiger partial charge in [0.2, 0.25) is 0 Å². The molecule has 0 radical (unpaired) electrons. The highest BCUT2D eigenvalue weighted by Gasteiger charge is 2.61. The molecule has 1 aliphatic carbocycles. The van der Waals surface area contributed by atoms with Gasteiger partial charge in [-0.15, -0.1) is 0 Å². The molecule has 0 spiro atoms. The van der Waals surface area contributed by atoms with Gasteiger partial charge in [-0.3, -0.25) is 9.05 Å². The van der Waals surface area contributed by atoms with E-state index in [1.807, 2.05) is 0 Å². The molecule has 29 heteroatoms. The third-order valence-corrected chi connectivity index (χ3v) is 12.1. The molecule has 28 nitrogen and oxygen atoms in total. The van der Waals surface area contributed by atoms with Crippen LogP contribution in [0, 0.1) is 0 Å². The molecule has 5 heterocycles. The second kappa shape index (κ2) is 19.1. The van der Waals surface area contributed by atoms with E-state index in [0.717, 1.165) is 0 Å². The molecule has 18 N–H and O–H groups in total. The Morgan fingerprint density at radius 2 is 0.864 bits per heavy atom. The van der Waals surface area contributed by atoms with Crippen LogP contribution in [-0.2, 0) is 51.5 Å². The van der Waals surface area contributed by atoms with E-state index in [9.17, 15) is 86.1 Å². The Morgan fingerprint density at radius 1 is 0.441 bits per heavy atom. The first-order valence-electron chi connectivity index (χ1n) is 18.4. The summed E-state index contributed by atoms with van der Waals surface area (Å²) in [6, 6.07) is -1.67. The smallest absolute Gasteiger partial charge is 0.394 e. The zero-order valence-corrected chi connectivity index (χ0v) is 31.4. The Balaban J connectivity index is 1.13. The van der Waals surface area contributed by atoms with Crippen LogP contribution >= 0.6 is 7.82 Å². The second-order valence-corrected chi connectivity index (χ2v) is 16.3. The van der Waals surface area contributed by atoms with Crippen LogP contribution in [0.1, 0.15) is 0 Å². The summed E-state index contributed by atoms with van der Waals surface area (Å²) >= 11 is 0. The Bertz CT molecular complexity index is 1420. The normalized spacial score (nSPS) is 55.8. The molecule has 1 saturated carbocycles. The van der Waals surface area contributed by atoms with Crippen molar-refractivity contribution in [1.82, 2.24) is 0 Å². The molecule has 1 unspecified atom stereocenters. The van der Waals surface area contributed by atoms with Crippen molar-refractivity contribution in [3.63, 3.8) is 0 Å². The van der Waals surface area contributed by atoms with Crippen molar-refractivity contribution in [3.05, 3.63) is 0 Å². The van der Waals surface area contributed by atoms with Gasteiger partial charge in [0.05, 0.1) is 32.5 Å². The molecule has 344 valence electrons. The summed E-state index contributed by atoms with van der Waals surface area (Å²) < 4.78 is 66.6. The Kier molecular flexibility index (Phi) is 15.4.